The maximum Gasteiger partial charge on any atom is 0.339 e. The molecule has 0 radical (unpaired) electrons. The minimum Gasteiger partial charge on any atom is -0.478 e. The zero-order valence-electron chi connectivity index (χ0n) is 6.92. The summed E-state index contributed by atoms with van der Waals surface area (Å²) < 4.78 is 0. The standard InChI is InChI=1S/C8H12N2O2/c1-2-3-5-4-10-7(9)6(5)8(11)12/h4,10H,2-3,9H2,1H3,(H,11,12). The average Bonchev–Trinajstić information content (AvgIpc) is 2.32. The molecule has 0 aromatic carbocycles. The Bertz CT molecular complexity index is 291. The number of nitrogens with two attached hydrogens (primary N) is 1. The van der Waals surface area contributed by atoms with Crippen LogP contribution < -0.4 is 5.73 Å². The molecule has 1 aromatic rings. The molecular formula is C8H12N2O2. The van der Waals surface area contributed by atoms with Gasteiger partial charge in [0.2, 0.25) is 0 Å². The molecule has 0 aliphatic heterocycles. The van der Waals surface area contributed by atoms with Crippen LogP contribution in [0, 0.1) is 0 Å². The Balaban J connectivity index is 3.04. The van der Waals surface area contributed by atoms with Gasteiger partial charge in [0.05, 0.1) is 0 Å². The van der Waals surface area contributed by atoms with Gasteiger partial charge in [-0.15, -0.1) is 0 Å². The van der Waals surface area contributed by atoms with Crippen LogP contribution in [0.1, 0.15) is 29.3 Å². The van der Waals surface area contributed by atoms with Gasteiger partial charge in [0.1, 0.15) is 11.4 Å². The summed E-state index contributed by atoms with van der Waals surface area (Å²) in [5.74, 6) is -0.719. The molecule has 4 heteroatoms. The van der Waals surface area contributed by atoms with E-state index in [1.807, 2.05) is 6.92 Å². The van der Waals surface area contributed by atoms with Gasteiger partial charge in [0.15, 0.2) is 0 Å². The Morgan fingerprint density at radius 1 is 1.75 bits per heavy atom. The fraction of sp³-hybridized carbons (Fsp3) is 0.375. The first-order chi connectivity index (χ1) is 5.66. The number of nitrogens with one attached hydrogen (secondary N) is 1. The molecule has 0 bridgehead atoms. The van der Waals surface area contributed by atoms with Crippen LogP contribution in [0.25, 0.3) is 0 Å². The molecule has 1 aromatic heterocycles. The zero-order chi connectivity index (χ0) is 9.14. The smallest absolute Gasteiger partial charge is 0.339 e. The predicted molar refractivity (Wildman–Crippen MR) is 46.2 cm³/mol. The van der Waals surface area contributed by atoms with Crippen molar-refractivity contribution in [2.24, 2.45) is 0 Å². The quantitative estimate of drug-likeness (QED) is 0.635. The van der Waals surface area contributed by atoms with E-state index in [1.54, 1.807) is 6.20 Å². The highest BCUT2D eigenvalue weighted by Crippen LogP contribution is 2.17. The molecule has 0 unspecified atom stereocenters. The van der Waals surface area contributed by atoms with Gasteiger partial charge in [0.25, 0.3) is 0 Å². The van der Waals surface area contributed by atoms with Crippen molar-refractivity contribution in [2.45, 2.75) is 19.8 Å². The Hall–Kier alpha value is -1.45. The predicted octanol–water partition coefficient (Wildman–Crippen LogP) is 1.25. The number of anilines is 1. The van der Waals surface area contributed by atoms with E-state index in [2.05, 4.69) is 4.98 Å². The van der Waals surface area contributed by atoms with E-state index in [-0.39, 0.29) is 11.4 Å². The lowest BCUT2D eigenvalue weighted by atomic mass is 10.1. The molecule has 66 valence electrons. The second-order valence-corrected chi connectivity index (χ2v) is 2.66. The van der Waals surface area contributed by atoms with E-state index >= 15 is 0 Å². The number of nitrogen functional groups attached to an aromatic ring is 1. The van der Waals surface area contributed by atoms with E-state index in [4.69, 9.17) is 10.8 Å². The van der Waals surface area contributed by atoms with E-state index in [9.17, 15) is 4.79 Å². The summed E-state index contributed by atoms with van der Waals surface area (Å²) in [4.78, 5) is 13.4. The Labute approximate surface area is 70.4 Å². The fourth-order valence-corrected chi connectivity index (χ4v) is 1.20. The number of hydrogen-bond donors (Lipinski definition) is 3. The number of carboxylic acid groups (broad SMARTS) is 1. The molecular weight excluding hydrogens is 156 g/mol. The van der Waals surface area contributed by atoms with Crippen LogP contribution >= 0.6 is 0 Å². The lowest BCUT2D eigenvalue weighted by Gasteiger charge is -1.96. The molecule has 0 aliphatic carbocycles. The van der Waals surface area contributed by atoms with Crippen LogP contribution in [-0.2, 0) is 6.42 Å². The van der Waals surface area contributed by atoms with Crippen LogP contribution in [0.2, 0.25) is 0 Å². The molecule has 0 spiro atoms. The van der Waals surface area contributed by atoms with Crippen LogP contribution in [0.4, 0.5) is 5.82 Å². The summed E-state index contributed by atoms with van der Waals surface area (Å²) in [6, 6.07) is 0. The minimum absolute atomic E-state index is 0.219. The molecule has 0 saturated heterocycles. The van der Waals surface area contributed by atoms with Crippen molar-refractivity contribution in [2.75, 3.05) is 5.73 Å². The first-order valence-electron chi connectivity index (χ1n) is 3.85. The highest BCUT2D eigenvalue weighted by molar-refractivity contribution is 5.94. The van der Waals surface area contributed by atoms with E-state index in [1.165, 1.54) is 0 Å². The van der Waals surface area contributed by atoms with Gasteiger partial charge >= 0.3 is 5.97 Å². The molecule has 0 saturated carbocycles. The van der Waals surface area contributed by atoms with Crippen molar-refractivity contribution in [1.29, 1.82) is 0 Å². The lowest BCUT2D eigenvalue weighted by Crippen LogP contribution is -2.02. The normalized spacial score (nSPS) is 10.1. The second kappa shape index (κ2) is 3.30. The molecule has 4 nitrogen and oxygen atoms in total. The molecule has 0 aliphatic rings. The monoisotopic (exact) mass is 168 g/mol. The highest BCUT2D eigenvalue weighted by Gasteiger charge is 2.14. The molecule has 1 rings (SSSR count). The van der Waals surface area contributed by atoms with Gasteiger partial charge in [0, 0.05) is 6.20 Å². The second-order valence-electron chi connectivity index (χ2n) is 2.66. The third-order valence-electron chi connectivity index (χ3n) is 1.73. The molecule has 0 amide bonds. The number of rotatable bonds is 3. The summed E-state index contributed by atoms with van der Waals surface area (Å²) >= 11 is 0. The summed E-state index contributed by atoms with van der Waals surface area (Å²) in [6.07, 6.45) is 3.31. The summed E-state index contributed by atoms with van der Waals surface area (Å²) in [5.41, 5.74) is 6.44. The first kappa shape index (κ1) is 8.64. The SMILES string of the molecule is CCCc1c[nH]c(N)c1C(=O)O. The molecule has 1 heterocycles. The van der Waals surface area contributed by atoms with Crippen molar-refractivity contribution in [3.63, 3.8) is 0 Å². The first-order valence-corrected chi connectivity index (χ1v) is 3.85. The fourth-order valence-electron chi connectivity index (χ4n) is 1.20. The topological polar surface area (TPSA) is 79.1 Å². The number of hydrogen-bond acceptors (Lipinski definition) is 2. The van der Waals surface area contributed by atoms with Gasteiger partial charge in [-0.05, 0) is 12.0 Å². The van der Waals surface area contributed by atoms with Crippen molar-refractivity contribution in [3.8, 4) is 0 Å². The van der Waals surface area contributed by atoms with Gasteiger partial charge in [-0.25, -0.2) is 4.79 Å². The van der Waals surface area contributed by atoms with E-state index in [0.717, 1.165) is 18.4 Å². The Kier molecular flexibility index (Phi) is 2.38. The average molecular weight is 168 g/mol. The summed E-state index contributed by atoms with van der Waals surface area (Å²) in [7, 11) is 0. The minimum atomic E-state index is -0.961. The molecule has 4 N–H and O–H groups in total. The number of carboxylic acids is 1. The molecule has 12 heavy (non-hydrogen) atoms. The number of carbonyl (C=O) groups is 1. The van der Waals surface area contributed by atoms with Gasteiger partial charge < -0.3 is 15.8 Å². The van der Waals surface area contributed by atoms with Gasteiger partial charge in [-0.2, -0.15) is 0 Å². The Morgan fingerprint density at radius 3 is 2.92 bits per heavy atom. The van der Waals surface area contributed by atoms with Crippen molar-refractivity contribution >= 4 is 11.8 Å². The molecule has 0 atom stereocenters. The van der Waals surface area contributed by atoms with Crippen molar-refractivity contribution < 1.29 is 9.90 Å². The third-order valence-corrected chi connectivity index (χ3v) is 1.73. The van der Waals surface area contributed by atoms with Crippen LogP contribution in [-0.4, -0.2) is 16.1 Å². The van der Waals surface area contributed by atoms with Crippen LogP contribution in [0.15, 0.2) is 6.20 Å². The number of aromatic amines is 1. The van der Waals surface area contributed by atoms with E-state index < -0.39 is 5.97 Å². The number of aromatic carboxylic acids is 1. The Morgan fingerprint density at radius 2 is 2.42 bits per heavy atom. The van der Waals surface area contributed by atoms with Gasteiger partial charge in [-0.3, -0.25) is 0 Å². The lowest BCUT2D eigenvalue weighted by molar-refractivity contribution is 0.0697. The van der Waals surface area contributed by atoms with Crippen molar-refractivity contribution in [1.82, 2.24) is 4.98 Å². The number of aromatic nitrogens is 1. The maximum atomic E-state index is 10.7. The zero-order valence-corrected chi connectivity index (χ0v) is 6.92. The van der Waals surface area contributed by atoms with Crippen LogP contribution in [0.5, 0.6) is 0 Å². The maximum absolute atomic E-state index is 10.7. The van der Waals surface area contributed by atoms with Crippen molar-refractivity contribution in [3.05, 3.63) is 17.3 Å². The van der Waals surface area contributed by atoms with Gasteiger partial charge in [-0.1, -0.05) is 13.3 Å². The number of H-pyrrole nitrogens is 1. The largest absolute Gasteiger partial charge is 0.478 e. The highest BCUT2D eigenvalue weighted by atomic mass is 16.4. The number of aryl methyl sites for hydroxylation is 1. The third kappa shape index (κ3) is 1.42. The molecule has 0 fully saturated rings. The summed E-state index contributed by atoms with van der Waals surface area (Å²) in [6.45, 7) is 1.99. The summed E-state index contributed by atoms with van der Waals surface area (Å²) in [5, 5.41) is 8.76. The van der Waals surface area contributed by atoms with E-state index in [0.29, 0.717) is 0 Å². The van der Waals surface area contributed by atoms with Crippen LogP contribution in [0.3, 0.4) is 0 Å².